The number of carbonyl (C=O) groups is 12. The van der Waals surface area contributed by atoms with Gasteiger partial charge in [0.25, 0.3) is 0 Å². The number of hydrogen-bond acceptors (Lipinski definition) is 18. The Balaban J connectivity index is 3.66. The number of hydrogen-bond donors (Lipinski definition) is 20. The topological polar surface area (TPSA) is 622 Å². The van der Waals surface area contributed by atoms with Gasteiger partial charge in [0.1, 0.15) is 54.6 Å². The highest BCUT2D eigenvalue weighted by Crippen LogP contribution is 2.12. The molecule has 36 heteroatoms. The normalized spacial score (nSPS) is 14.8. The minimum absolute atomic E-state index is 0.0131. The number of imidazole rings is 1. The first-order valence-corrected chi connectivity index (χ1v) is 27.0. The van der Waals surface area contributed by atoms with Crippen LogP contribution in [0.1, 0.15) is 105 Å². The minimum atomic E-state index is -1.95. The molecule has 476 valence electrons. The zero-order chi connectivity index (χ0) is 64.5. The monoisotopic (exact) mass is 1210 g/mol. The largest absolute Gasteiger partial charge is 0.481 e. The van der Waals surface area contributed by atoms with Crippen molar-refractivity contribution in [1.29, 1.82) is 0 Å². The number of carboxylic acid groups (broad SMARTS) is 2. The molecule has 0 unspecified atom stereocenters. The molecule has 0 fully saturated rings. The van der Waals surface area contributed by atoms with Gasteiger partial charge in [0.05, 0.1) is 30.9 Å². The van der Waals surface area contributed by atoms with Crippen LogP contribution in [0.5, 0.6) is 0 Å². The number of carboxylic acids is 2. The fourth-order valence-corrected chi connectivity index (χ4v) is 7.71. The summed E-state index contributed by atoms with van der Waals surface area (Å²) in [6, 6.07) is -15.1. The molecule has 11 atom stereocenters. The summed E-state index contributed by atoms with van der Waals surface area (Å²) in [7, 11) is 0. The first-order chi connectivity index (χ1) is 39.8. The lowest BCUT2D eigenvalue weighted by atomic mass is 10.0. The van der Waals surface area contributed by atoms with E-state index >= 15 is 0 Å². The third-order valence-corrected chi connectivity index (χ3v) is 12.0. The second-order valence-electron chi connectivity index (χ2n) is 20.2. The van der Waals surface area contributed by atoms with Gasteiger partial charge in [0.2, 0.25) is 53.2 Å². The van der Waals surface area contributed by atoms with Crippen LogP contribution in [0, 0.1) is 5.92 Å². The lowest BCUT2D eigenvalue weighted by Gasteiger charge is -2.29. The van der Waals surface area contributed by atoms with Crippen molar-refractivity contribution in [2.45, 2.75) is 172 Å². The van der Waals surface area contributed by atoms with Crippen LogP contribution in [0.15, 0.2) is 27.5 Å². The molecular formula is C49H85N21O15. The number of nitrogens with zero attached hydrogens (tertiary/aromatic N) is 4. The van der Waals surface area contributed by atoms with Crippen LogP contribution in [-0.2, 0) is 64.0 Å². The molecule has 1 aromatic heterocycles. The Hall–Kier alpha value is -9.22. The Bertz CT molecular complexity index is 2500. The molecule has 0 aliphatic carbocycles. The number of aliphatic imine (C=N–C) groups is 3. The van der Waals surface area contributed by atoms with Crippen molar-refractivity contribution in [3.8, 4) is 0 Å². The lowest BCUT2D eigenvalue weighted by Crippen LogP contribution is -2.62. The van der Waals surface area contributed by atoms with E-state index in [4.69, 9.17) is 40.1 Å². The van der Waals surface area contributed by atoms with Gasteiger partial charge in [-0.3, -0.25) is 67.7 Å². The molecule has 1 rings (SSSR count). The maximum absolute atomic E-state index is 14.3. The van der Waals surface area contributed by atoms with Crippen LogP contribution in [0.4, 0.5) is 0 Å². The zero-order valence-electron chi connectivity index (χ0n) is 48.1. The summed E-state index contributed by atoms with van der Waals surface area (Å²) >= 11 is 0. The number of rotatable bonds is 41. The first-order valence-electron chi connectivity index (χ1n) is 27.0. The van der Waals surface area contributed by atoms with Crippen molar-refractivity contribution in [3.63, 3.8) is 0 Å². The number of carbonyl (C=O) groups excluding carboxylic acids is 10. The van der Waals surface area contributed by atoms with Crippen molar-refractivity contribution < 1.29 is 72.9 Å². The number of nitrogens with two attached hydrogens (primary N) is 7. The van der Waals surface area contributed by atoms with Gasteiger partial charge in [-0.1, -0.05) is 13.8 Å². The van der Waals surface area contributed by atoms with Gasteiger partial charge in [-0.25, -0.2) is 4.98 Å². The standard InChI is InChI=1S/C49H85N21O15/c1-23(2)17-32(43(82)64-28(9-6-14-58-47(51)52)39(78)62-24(3)21-71)67-41(80)31(12-13-35(73)74)66-44(83)33(18-27-20-57-22-61-27)69-46(85)37(26(5)72)70-42(81)30(11-8-16-60-49(55)56)65-45(84)34(19-36(75)76)68-40(79)29(63-38(77)25(4)50)10-7-15-59-48(53)54/h20-26,28-34,37,72H,6-19,50H2,1-5H3,(H,57,61)(H,62,78)(H,63,77)(H,64,82)(H,65,84)(H,66,83)(H,67,80)(H,68,79)(H,69,85)(H,70,81)(H,73,74)(H,75,76)(H4,51,52,58)(H4,53,54,59)(H4,55,56,60)/t24-,25-,26+,28-,29-,30-,31-,32-,33-,34-,37-/m0/s1. The molecule has 27 N–H and O–H groups in total. The Morgan fingerprint density at radius 3 is 1.32 bits per heavy atom. The summed E-state index contributed by atoms with van der Waals surface area (Å²) in [5.74, 6) is -13.3. The molecule has 85 heavy (non-hydrogen) atoms. The lowest BCUT2D eigenvalue weighted by molar-refractivity contribution is -0.142. The quantitative estimate of drug-likeness (QED) is 0.0125. The third-order valence-electron chi connectivity index (χ3n) is 12.0. The Kier molecular flexibility index (Phi) is 33.5. The molecule has 0 saturated heterocycles. The Labute approximate surface area is 489 Å². The zero-order valence-corrected chi connectivity index (χ0v) is 48.1. The summed E-state index contributed by atoms with van der Waals surface area (Å²) in [5.41, 5.74) is 38.4. The Morgan fingerprint density at radius 2 is 0.918 bits per heavy atom. The number of nitrogens with one attached hydrogen (secondary N) is 10. The van der Waals surface area contributed by atoms with E-state index in [1.807, 2.05) is 0 Å². The van der Waals surface area contributed by atoms with Gasteiger partial charge in [0, 0.05) is 44.4 Å². The SMILES string of the molecule is CC(C)C[C@H](NC(=O)[C@H](CCC(=O)O)NC(=O)[C@H](Cc1cnc[nH]1)NC(=O)[C@@H](NC(=O)[C@H](CCCN=C(N)N)NC(=O)[C@H](CC(=O)O)NC(=O)[C@H](CCCN=C(N)N)NC(=O)[C@H](C)N)[C@@H](C)O)C(=O)N[C@@H](CCCN=C(N)N)C(=O)N[C@@H](C)C=O. The maximum atomic E-state index is 14.3. The van der Waals surface area contributed by atoms with Crippen molar-refractivity contribution in [1.82, 2.24) is 57.8 Å². The molecule has 0 aliphatic rings. The molecule has 0 radical (unpaired) electrons. The minimum Gasteiger partial charge on any atom is -0.481 e. The fraction of sp³-hybridized carbons (Fsp3) is 0.633. The number of amides is 9. The van der Waals surface area contributed by atoms with Crippen molar-refractivity contribution in [2.75, 3.05) is 19.6 Å². The fourth-order valence-electron chi connectivity index (χ4n) is 7.71. The van der Waals surface area contributed by atoms with E-state index in [2.05, 4.69) is 72.8 Å². The molecule has 0 aromatic carbocycles. The van der Waals surface area contributed by atoms with Crippen LogP contribution < -0.4 is 88.0 Å². The molecule has 9 amide bonds. The highest BCUT2D eigenvalue weighted by molar-refractivity contribution is 5.99. The van der Waals surface area contributed by atoms with Crippen LogP contribution >= 0.6 is 0 Å². The van der Waals surface area contributed by atoms with E-state index in [1.54, 1.807) is 13.8 Å². The number of aldehydes is 1. The van der Waals surface area contributed by atoms with Crippen LogP contribution in [0.3, 0.4) is 0 Å². The summed E-state index contributed by atoms with van der Waals surface area (Å²) in [4.78, 5) is 178. The third kappa shape index (κ3) is 30.6. The molecular weight excluding hydrogens is 1120 g/mol. The molecule has 36 nitrogen and oxygen atoms in total. The maximum Gasteiger partial charge on any atom is 0.305 e. The number of H-pyrrole nitrogens is 1. The van der Waals surface area contributed by atoms with E-state index in [-0.39, 0.29) is 94.1 Å². The highest BCUT2D eigenvalue weighted by Gasteiger charge is 2.37. The van der Waals surface area contributed by atoms with Crippen molar-refractivity contribution >= 4 is 89.3 Å². The van der Waals surface area contributed by atoms with E-state index in [0.717, 1.165) is 6.92 Å². The average Bonchev–Trinajstić information content (AvgIpc) is 4.10. The van der Waals surface area contributed by atoms with Gasteiger partial charge in [-0.2, -0.15) is 0 Å². The molecule has 0 saturated carbocycles. The number of aliphatic hydroxyl groups is 1. The van der Waals surface area contributed by atoms with E-state index in [1.165, 1.54) is 26.4 Å². The number of aromatic amines is 1. The molecule has 1 aromatic rings. The number of aromatic nitrogens is 2. The number of aliphatic hydroxyl groups excluding tert-OH is 1. The van der Waals surface area contributed by atoms with Crippen LogP contribution in [0.2, 0.25) is 0 Å². The number of guanidine groups is 3. The van der Waals surface area contributed by atoms with Crippen molar-refractivity contribution in [2.24, 2.45) is 61.0 Å². The van der Waals surface area contributed by atoms with E-state index in [9.17, 15) is 72.9 Å². The smallest absolute Gasteiger partial charge is 0.305 e. The molecule has 0 bridgehead atoms. The van der Waals surface area contributed by atoms with E-state index < -0.39 is 157 Å². The summed E-state index contributed by atoms with van der Waals surface area (Å²) in [6.45, 7) is 7.20. The summed E-state index contributed by atoms with van der Waals surface area (Å²) in [6.07, 6.45) is -1.81. The number of aliphatic carboxylic acids is 2. The van der Waals surface area contributed by atoms with Gasteiger partial charge in [-0.15, -0.1) is 0 Å². The predicted octanol–water partition coefficient (Wildman–Crippen LogP) is -8.19. The van der Waals surface area contributed by atoms with Gasteiger partial charge >= 0.3 is 11.9 Å². The highest BCUT2D eigenvalue weighted by atomic mass is 16.4. The van der Waals surface area contributed by atoms with Crippen LogP contribution in [0.25, 0.3) is 0 Å². The predicted molar refractivity (Wildman–Crippen MR) is 305 cm³/mol. The van der Waals surface area contributed by atoms with Gasteiger partial charge < -0.3 is 113 Å². The van der Waals surface area contributed by atoms with Crippen LogP contribution in [-0.4, -0.2) is 201 Å². The Morgan fingerprint density at radius 1 is 0.529 bits per heavy atom. The van der Waals surface area contributed by atoms with Gasteiger partial charge in [0.15, 0.2) is 17.9 Å². The second-order valence-corrected chi connectivity index (χ2v) is 20.2. The molecule has 0 spiro atoms. The van der Waals surface area contributed by atoms with Crippen molar-refractivity contribution in [3.05, 3.63) is 18.2 Å². The van der Waals surface area contributed by atoms with E-state index in [0.29, 0.717) is 6.29 Å². The second kappa shape index (κ2) is 38.5. The molecule has 1 heterocycles. The van der Waals surface area contributed by atoms with Gasteiger partial charge in [-0.05, 0) is 78.1 Å². The summed E-state index contributed by atoms with van der Waals surface area (Å²) < 4.78 is 0. The molecule has 0 aliphatic heterocycles. The summed E-state index contributed by atoms with van der Waals surface area (Å²) in [5, 5.41) is 52.1. The average molecular weight is 1210 g/mol. The first kappa shape index (κ1) is 73.8.